The van der Waals surface area contributed by atoms with E-state index in [4.69, 9.17) is 4.52 Å². The third-order valence-electron chi connectivity index (χ3n) is 5.20. The van der Waals surface area contributed by atoms with E-state index >= 15 is 0 Å². The van der Waals surface area contributed by atoms with Crippen LogP contribution in [0.15, 0.2) is 28.8 Å². The lowest BCUT2D eigenvalue weighted by atomic mass is 9.92. The summed E-state index contributed by atoms with van der Waals surface area (Å²) in [4.78, 5) is 30.2. The topological polar surface area (TPSA) is 88.3 Å². The molecular formula is C19H22N4O3. The van der Waals surface area contributed by atoms with Gasteiger partial charge < -0.3 is 14.7 Å². The number of aromatic nitrogens is 2. The number of amides is 2. The molecule has 0 aliphatic carbocycles. The van der Waals surface area contributed by atoms with E-state index in [1.807, 2.05) is 36.1 Å². The summed E-state index contributed by atoms with van der Waals surface area (Å²) in [7, 11) is 0. The third kappa shape index (κ3) is 3.47. The first-order valence-corrected chi connectivity index (χ1v) is 9.05. The first-order valence-electron chi connectivity index (χ1n) is 9.05. The Kier molecular flexibility index (Phi) is 4.44. The number of fused-ring (bicyclic) bond motifs is 1. The van der Waals surface area contributed by atoms with Gasteiger partial charge in [0.15, 0.2) is 0 Å². The van der Waals surface area contributed by atoms with E-state index in [1.54, 1.807) is 0 Å². The largest absolute Gasteiger partial charge is 0.351 e. The van der Waals surface area contributed by atoms with Gasteiger partial charge in [-0.05, 0) is 25.3 Å². The summed E-state index contributed by atoms with van der Waals surface area (Å²) in [6.07, 6.45) is 2.24. The molecule has 2 fully saturated rings. The van der Waals surface area contributed by atoms with Crippen LogP contribution in [-0.2, 0) is 16.0 Å². The van der Waals surface area contributed by atoms with Crippen LogP contribution in [0, 0.1) is 12.8 Å². The zero-order valence-corrected chi connectivity index (χ0v) is 14.8. The van der Waals surface area contributed by atoms with E-state index in [1.165, 1.54) is 0 Å². The van der Waals surface area contributed by atoms with E-state index < -0.39 is 0 Å². The number of carbonyl (C=O) groups is 2. The molecule has 0 unspecified atom stereocenters. The Bertz CT molecular complexity index is 832. The molecule has 2 aliphatic rings. The molecule has 0 bridgehead atoms. The van der Waals surface area contributed by atoms with Crippen molar-refractivity contribution in [2.75, 3.05) is 13.1 Å². The summed E-state index contributed by atoms with van der Waals surface area (Å²) in [5.41, 5.74) is 2.04. The van der Waals surface area contributed by atoms with Crippen LogP contribution in [0.3, 0.4) is 0 Å². The molecule has 7 nitrogen and oxygen atoms in total. The zero-order chi connectivity index (χ0) is 18.1. The predicted molar refractivity (Wildman–Crippen MR) is 94.0 cm³/mol. The van der Waals surface area contributed by atoms with E-state index in [0.29, 0.717) is 50.0 Å². The molecule has 26 heavy (non-hydrogen) atoms. The SMILES string of the molecule is Cc1cccc(-c2noc(CCC(=O)N3CC[C@@H]4CC(=O)N[C@@H]4C3)n2)c1. The van der Waals surface area contributed by atoms with Gasteiger partial charge in [-0.15, -0.1) is 0 Å². The Morgan fingerprint density at radius 1 is 1.42 bits per heavy atom. The molecule has 1 aromatic carbocycles. The summed E-state index contributed by atoms with van der Waals surface area (Å²) in [6, 6.07) is 8.01. The monoisotopic (exact) mass is 354 g/mol. The van der Waals surface area contributed by atoms with Gasteiger partial charge in [0, 0.05) is 44.0 Å². The highest BCUT2D eigenvalue weighted by atomic mass is 16.5. The number of carbonyl (C=O) groups excluding carboxylic acids is 2. The van der Waals surface area contributed by atoms with Crippen molar-refractivity contribution in [2.24, 2.45) is 5.92 Å². The Balaban J connectivity index is 1.33. The van der Waals surface area contributed by atoms with E-state index in [-0.39, 0.29) is 17.9 Å². The van der Waals surface area contributed by atoms with Crippen molar-refractivity contribution < 1.29 is 14.1 Å². The van der Waals surface area contributed by atoms with Gasteiger partial charge >= 0.3 is 0 Å². The van der Waals surface area contributed by atoms with Gasteiger partial charge in [-0.3, -0.25) is 9.59 Å². The van der Waals surface area contributed by atoms with Crippen LogP contribution in [-0.4, -0.2) is 46.0 Å². The Morgan fingerprint density at radius 3 is 3.15 bits per heavy atom. The molecule has 2 atom stereocenters. The Hall–Kier alpha value is -2.70. The third-order valence-corrected chi connectivity index (χ3v) is 5.20. The van der Waals surface area contributed by atoms with Crippen molar-refractivity contribution in [3.63, 3.8) is 0 Å². The second-order valence-corrected chi connectivity index (χ2v) is 7.15. The molecule has 2 saturated heterocycles. The van der Waals surface area contributed by atoms with Crippen LogP contribution in [0.1, 0.15) is 30.7 Å². The standard InChI is InChI=1S/C19H22N4O3/c1-12-3-2-4-14(9-12)19-21-17(26-22-19)5-6-18(25)23-8-7-13-10-16(24)20-15(13)11-23/h2-4,9,13,15H,5-8,10-11H2,1H3,(H,20,24)/t13-,15-/m1/s1. The van der Waals surface area contributed by atoms with Crippen molar-refractivity contribution in [3.8, 4) is 11.4 Å². The predicted octanol–water partition coefficient (Wildman–Crippen LogP) is 1.71. The number of piperidine rings is 1. The smallest absolute Gasteiger partial charge is 0.227 e. The minimum atomic E-state index is 0.0694. The molecule has 0 saturated carbocycles. The minimum Gasteiger partial charge on any atom is -0.351 e. The molecule has 4 rings (SSSR count). The van der Waals surface area contributed by atoms with Crippen LogP contribution < -0.4 is 5.32 Å². The molecule has 2 aliphatic heterocycles. The average Bonchev–Trinajstić information content (AvgIpc) is 3.24. The fourth-order valence-electron chi connectivity index (χ4n) is 3.77. The normalized spacial score (nSPS) is 22.2. The lowest BCUT2D eigenvalue weighted by Crippen LogP contribution is -2.49. The molecule has 136 valence electrons. The van der Waals surface area contributed by atoms with Gasteiger partial charge in [0.1, 0.15) is 0 Å². The van der Waals surface area contributed by atoms with E-state index in [0.717, 1.165) is 17.5 Å². The van der Waals surface area contributed by atoms with Crippen molar-refractivity contribution in [2.45, 2.75) is 38.6 Å². The number of likely N-dealkylation sites (tertiary alicyclic amines) is 1. The second kappa shape index (κ2) is 6.90. The number of benzene rings is 1. The summed E-state index contributed by atoms with van der Waals surface area (Å²) in [6.45, 7) is 3.33. The van der Waals surface area contributed by atoms with Gasteiger partial charge in [0.05, 0.1) is 0 Å². The summed E-state index contributed by atoms with van der Waals surface area (Å²) in [5.74, 6) is 1.56. The highest BCUT2D eigenvalue weighted by molar-refractivity contribution is 5.80. The maximum atomic E-state index is 12.5. The fourth-order valence-corrected chi connectivity index (χ4v) is 3.77. The number of nitrogens with one attached hydrogen (secondary N) is 1. The Morgan fingerprint density at radius 2 is 2.31 bits per heavy atom. The molecule has 2 amide bonds. The van der Waals surface area contributed by atoms with Crippen LogP contribution in [0.25, 0.3) is 11.4 Å². The molecule has 3 heterocycles. The number of hydrogen-bond donors (Lipinski definition) is 1. The van der Waals surface area contributed by atoms with Crippen molar-refractivity contribution in [1.29, 1.82) is 0 Å². The lowest BCUT2D eigenvalue weighted by molar-refractivity contribution is -0.133. The number of nitrogens with zero attached hydrogens (tertiary/aromatic N) is 3. The van der Waals surface area contributed by atoms with Gasteiger partial charge in [-0.2, -0.15) is 4.98 Å². The fraction of sp³-hybridized carbons (Fsp3) is 0.474. The van der Waals surface area contributed by atoms with Crippen LogP contribution in [0.2, 0.25) is 0 Å². The summed E-state index contributed by atoms with van der Waals surface area (Å²) >= 11 is 0. The highest BCUT2D eigenvalue weighted by Gasteiger charge is 2.37. The molecule has 2 aromatic rings. The molecular weight excluding hydrogens is 332 g/mol. The highest BCUT2D eigenvalue weighted by Crippen LogP contribution is 2.26. The van der Waals surface area contributed by atoms with Gasteiger partial charge in [-0.1, -0.05) is 28.9 Å². The molecule has 1 N–H and O–H groups in total. The first-order chi connectivity index (χ1) is 12.6. The minimum absolute atomic E-state index is 0.0694. The number of rotatable bonds is 4. The summed E-state index contributed by atoms with van der Waals surface area (Å²) < 4.78 is 5.29. The molecule has 0 radical (unpaired) electrons. The van der Waals surface area contributed by atoms with Gasteiger partial charge in [0.25, 0.3) is 0 Å². The molecule has 1 aromatic heterocycles. The van der Waals surface area contributed by atoms with Crippen molar-refractivity contribution >= 4 is 11.8 Å². The van der Waals surface area contributed by atoms with Crippen LogP contribution >= 0.6 is 0 Å². The average molecular weight is 354 g/mol. The van der Waals surface area contributed by atoms with Crippen molar-refractivity contribution in [3.05, 3.63) is 35.7 Å². The van der Waals surface area contributed by atoms with Crippen LogP contribution in [0.4, 0.5) is 0 Å². The summed E-state index contributed by atoms with van der Waals surface area (Å²) in [5, 5.41) is 6.98. The number of hydrogen-bond acceptors (Lipinski definition) is 5. The van der Waals surface area contributed by atoms with Gasteiger partial charge in [-0.25, -0.2) is 0 Å². The quantitative estimate of drug-likeness (QED) is 0.903. The van der Waals surface area contributed by atoms with Crippen molar-refractivity contribution in [1.82, 2.24) is 20.4 Å². The van der Waals surface area contributed by atoms with Gasteiger partial charge in [0.2, 0.25) is 23.5 Å². The number of aryl methyl sites for hydroxylation is 2. The van der Waals surface area contributed by atoms with E-state index in [2.05, 4.69) is 15.5 Å². The second-order valence-electron chi connectivity index (χ2n) is 7.15. The van der Waals surface area contributed by atoms with Crippen LogP contribution in [0.5, 0.6) is 0 Å². The molecule has 0 spiro atoms. The maximum absolute atomic E-state index is 12.5. The molecule has 7 heteroatoms. The maximum Gasteiger partial charge on any atom is 0.227 e. The first kappa shape index (κ1) is 16.8. The lowest BCUT2D eigenvalue weighted by Gasteiger charge is -2.34. The zero-order valence-electron chi connectivity index (χ0n) is 14.8. The van der Waals surface area contributed by atoms with E-state index in [9.17, 15) is 9.59 Å². The Labute approximate surface area is 151 Å².